The minimum atomic E-state index is -2.46. The van der Waals surface area contributed by atoms with E-state index in [1.165, 1.54) is 0 Å². The van der Waals surface area contributed by atoms with Gasteiger partial charge in [-0.1, -0.05) is 0 Å². The van der Waals surface area contributed by atoms with E-state index in [1.54, 1.807) is 24.8 Å². The smallest absolute Gasteiger partial charge is 0.156 e. The lowest BCUT2D eigenvalue weighted by Crippen LogP contribution is -1.91. The Hall–Kier alpha value is -2.54. The maximum Gasteiger partial charge on any atom is 0.156 e. The van der Waals surface area contributed by atoms with Crippen LogP contribution in [0.5, 0.6) is 0 Å². The van der Waals surface area contributed by atoms with Crippen molar-refractivity contribution in [3.05, 3.63) is 54.2 Å². The molecule has 3 aromatic heterocycles. The molecule has 22 heavy (non-hydrogen) atoms. The molecule has 0 saturated heterocycles. The fraction of sp³-hybridized carbons (Fsp3) is 0.133. The summed E-state index contributed by atoms with van der Waals surface area (Å²) < 4.78 is 21.7. The molecule has 3 rings (SSSR count). The van der Waals surface area contributed by atoms with E-state index in [2.05, 4.69) is 19.9 Å². The van der Waals surface area contributed by atoms with E-state index in [1.807, 2.05) is 25.1 Å². The maximum absolute atomic E-state index is 10.8. The van der Waals surface area contributed by atoms with Crippen LogP contribution in [0, 0.1) is 6.92 Å². The fourth-order valence-electron chi connectivity index (χ4n) is 2.16. The van der Waals surface area contributed by atoms with Crippen molar-refractivity contribution in [3.63, 3.8) is 0 Å². The Kier molecular flexibility index (Phi) is 3.97. The minimum Gasteiger partial charge on any atom is -0.341 e. The average Bonchev–Trinajstić information content (AvgIpc) is 2.94. The molecule has 0 aliphatic rings. The molecule has 0 radical (unpaired) electrons. The molecule has 0 aliphatic heterocycles. The highest BCUT2D eigenvalue weighted by Gasteiger charge is 2.07. The van der Waals surface area contributed by atoms with E-state index in [9.17, 15) is 8.42 Å². The quantitative estimate of drug-likeness (QED) is 0.719. The molecule has 0 bridgehead atoms. The predicted octanol–water partition coefficient (Wildman–Crippen LogP) is 1.95. The number of nitrogens with zero attached hydrogens (tertiary/aromatic N) is 3. The summed E-state index contributed by atoms with van der Waals surface area (Å²) >= 11 is 0. The van der Waals surface area contributed by atoms with E-state index in [0.717, 1.165) is 22.5 Å². The number of imidazole rings is 1. The third-order valence-electron chi connectivity index (χ3n) is 3.15. The number of aromatic amines is 1. The van der Waals surface area contributed by atoms with E-state index in [-0.39, 0.29) is 5.75 Å². The molecule has 6 nitrogen and oxygen atoms in total. The summed E-state index contributed by atoms with van der Waals surface area (Å²) in [5.41, 5.74) is 4.12. The van der Waals surface area contributed by atoms with Crippen LogP contribution in [-0.4, -0.2) is 28.4 Å². The SMILES string of the molecule is Cc1cnc(-c2cc(-c3cncc(C[SH](=O)=O)c3)ccn2)[nH]1. The first-order chi connectivity index (χ1) is 10.6. The van der Waals surface area contributed by atoms with E-state index in [4.69, 9.17) is 0 Å². The molecular weight excluding hydrogens is 300 g/mol. The van der Waals surface area contributed by atoms with Gasteiger partial charge < -0.3 is 4.98 Å². The Bertz CT molecular complexity index is 879. The van der Waals surface area contributed by atoms with Crippen molar-refractivity contribution in [2.24, 2.45) is 0 Å². The van der Waals surface area contributed by atoms with Gasteiger partial charge in [0.2, 0.25) is 0 Å². The van der Waals surface area contributed by atoms with Gasteiger partial charge in [-0.2, -0.15) is 0 Å². The number of pyridine rings is 2. The lowest BCUT2D eigenvalue weighted by Gasteiger charge is -2.04. The van der Waals surface area contributed by atoms with Gasteiger partial charge in [0.15, 0.2) is 5.82 Å². The van der Waals surface area contributed by atoms with Crippen LogP contribution in [0.15, 0.2) is 43.0 Å². The number of hydrogen-bond donors (Lipinski definition) is 2. The van der Waals surface area contributed by atoms with Crippen molar-refractivity contribution in [1.82, 2.24) is 19.9 Å². The zero-order valence-corrected chi connectivity index (χ0v) is 12.7. The van der Waals surface area contributed by atoms with Crippen LogP contribution >= 0.6 is 0 Å². The highest BCUT2D eigenvalue weighted by Crippen LogP contribution is 2.23. The second-order valence-electron chi connectivity index (χ2n) is 4.92. The third-order valence-corrected chi connectivity index (χ3v) is 3.77. The topological polar surface area (TPSA) is 88.6 Å². The van der Waals surface area contributed by atoms with E-state index >= 15 is 0 Å². The molecule has 0 aliphatic carbocycles. The van der Waals surface area contributed by atoms with Gasteiger partial charge in [0, 0.05) is 36.0 Å². The van der Waals surface area contributed by atoms with Crippen molar-refractivity contribution >= 4 is 10.7 Å². The first-order valence-electron chi connectivity index (χ1n) is 6.66. The molecule has 3 heterocycles. The molecule has 0 saturated carbocycles. The first-order valence-corrected chi connectivity index (χ1v) is 8.02. The van der Waals surface area contributed by atoms with Gasteiger partial charge in [-0.25, -0.2) is 13.4 Å². The highest BCUT2D eigenvalue weighted by molar-refractivity contribution is 7.71. The van der Waals surface area contributed by atoms with E-state index < -0.39 is 10.7 Å². The third kappa shape index (κ3) is 3.20. The standard InChI is InChI=1S/C15H14N4O2S/c1-10-6-18-15(19-10)14-5-12(2-3-17-14)13-4-11(7-16-8-13)9-22(20)21/h2-8,22H,9H2,1H3,(H,18,19). The first kappa shape index (κ1) is 14.4. The zero-order chi connectivity index (χ0) is 15.5. The number of rotatable bonds is 4. The lowest BCUT2D eigenvalue weighted by atomic mass is 10.1. The Balaban J connectivity index is 1.98. The van der Waals surface area contributed by atoms with Crippen LogP contribution in [0.3, 0.4) is 0 Å². The number of hydrogen-bond acceptors (Lipinski definition) is 5. The van der Waals surface area contributed by atoms with Gasteiger partial charge in [0.25, 0.3) is 0 Å². The second-order valence-corrected chi connectivity index (χ2v) is 5.90. The molecule has 0 unspecified atom stereocenters. The number of nitrogens with one attached hydrogen (secondary N) is 1. The summed E-state index contributed by atoms with van der Waals surface area (Å²) in [6.07, 6.45) is 6.71. The Morgan fingerprint density at radius 1 is 1.09 bits per heavy atom. The van der Waals surface area contributed by atoms with Crippen LogP contribution in [0.1, 0.15) is 11.3 Å². The molecule has 0 fully saturated rings. The molecule has 3 aromatic rings. The number of thiol groups is 1. The van der Waals surface area contributed by atoms with Gasteiger partial charge in [-0.3, -0.25) is 9.97 Å². The highest BCUT2D eigenvalue weighted by atomic mass is 32.2. The molecular formula is C15H14N4O2S. The lowest BCUT2D eigenvalue weighted by molar-refractivity contribution is 0.614. The van der Waals surface area contributed by atoms with Crippen LogP contribution in [0.4, 0.5) is 0 Å². The summed E-state index contributed by atoms with van der Waals surface area (Å²) in [4.78, 5) is 15.8. The predicted molar refractivity (Wildman–Crippen MR) is 83.8 cm³/mol. The largest absolute Gasteiger partial charge is 0.341 e. The normalized spacial score (nSPS) is 11.0. The van der Waals surface area contributed by atoms with Gasteiger partial charge in [0.1, 0.15) is 16.4 Å². The van der Waals surface area contributed by atoms with Gasteiger partial charge in [-0.15, -0.1) is 0 Å². The second kappa shape index (κ2) is 6.07. The number of H-pyrrole nitrogens is 1. The molecule has 0 aromatic carbocycles. The number of aryl methyl sites for hydroxylation is 1. The summed E-state index contributed by atoms with van der Waals surface area (Å²) in [5, 5.41) is 0. The zero-order valence-electron chi connectivity index (χ0n) is 11.9. The van der Waals surface area contributed by atoms with Crippen molar-refractivity contribution in [1.29, 1.82) is 0 Å². The summed E-state index contributed by atoms with van der Waals surface area (Å²) in [6.45, 7) is 1.93. The van der Waals surface area contributed by atoms with Crippen molar-refractivity contribution in [3.8, 4) is 22.6 Å². The van der Waals surface area contributed by atoms with Crippen molar-refractivity contribution in [2.75, 3.05) is 0 Å². The van der Waals surface area contributed by atoms with Gasteiger partial charge >= 0.3 is 0 Å². The van der Waals surface area contributed by atoms with Crippen molar-refractivity contribution in [2.45, 2.75) is 12.7 Å². The van der Waals surface area contributed by atoms with E-state index in [0.29, 0.717) is 11.4 Å². The van der Waals surface area contributed by atoms with Crippen LogP contribution < -0.4 is 0 Å². The number of aromatic nitrogens is 4. The average molecular weight is 314 g/mol. The molecule has 0 atom stereocenters. The van der Waals surface area contributed by atoms with Gasteiger partial charge in [-0.05, 0) is 36.2 Å². The molecule has 7 heteroatoms. The van der Waals surface area contributed by atoms with Crippen LogP contribution in [0.2, 0.25) is 0 Å². The van der Waals surface area contributed by atoms with Crippen molar-refractivity contribution < 1.29 is 8.42 Å². The molecule has 112 valence electrons. The Morgan fingerprint density at radius 2 is 1.95 bits per heavy atom. The monoisotopic (exact) mass is 314 g/mol. The Morgan fingerprint density at radius 3 is 2.68 bits per heavy atom. The molecule has 0 spiro atoms. The fourth-order valence-corrected chi connectivity index (χ4v) is 2.63. The van der Waals surface area contributed by atoms with Gasteiger partial charge in [0.05, 0.1) is 5.75 Å². The molecule has 0 amide bonds. The summed E-state index contributed by atoms with van der Waals surface area (Å²) in [6, 6.07) is 5.58. The maximum atomic E-state index is 10.8. The molecule has 1 N–H and O–H groups in total. The Labute approximate surface area is 129 Å². The minimum absolute atomic E-state index is 0.00844. The summed E-state index contributed by atoms with van der Waals surface area (Å²) in [5.74, 6) is 0.692. The van der Waals surface area contributed by atoms with Crippen LogP contribution in [-0.2, 0) is 16.5 Å². The van der Waals surface area contributed by atoms with Crippen LogP contribution in [0.25, 0.3) is 22.6 Å². The summed E-state index contributed by atoms with van der Waals surface area (Å²) in [7, 11) is -2.46.